The molecule has 5 nitrogen and oxygen atoms in total. The van der Waals surface area contributed by atoms with Crippen LogP contribution >= 0.6 is 0 Å². The fourth-order valence-corrected chi connectivity index (χ4v) is 1.33. The first-order valence-electron chi connectivity index (χ1n) is 6.64. The first-order valence-corrected chi connectivity index (χ1v) is 6.64. The summed E-state index contributed by atoms with van der Waals surface area (Å²) in [6.07, 6.45) is 1.17. The second-order valence-electron chi connectivity index (χ2n) is 5.31. The molecule has 0 spiro atoms. The van der Waals surface area contributed by atoms with Crippen molar-refractivity contribution in [1.82, 2.24) is 10.6 Å². The summed E-state index contributed by atoms with van der Waals surface area (Å²) < 4.78 is 0. The Morgan fingerprint density at radius 1 is 1.17 bits per heavy atom. The van der Waals surface area contributed by atoms with Crippen molar-refractivity contribution in [2.24, 2.45) is 17.6 Å². The van der Waals surface area contributed by atoms with Gasteiger partial charge in [0.05, 0.1) is 0 Å². The minimum absolute atomic E-state index is 0.0949. The number of carbonyl (C=O) groups is 2. The molecule has 2 unspecified atom stereocenters. The van der Waals surface area contributed by atoms with Crippen molar-refractivity contribution in [3.63, 3.8) is 0 Å². The molecule has 18 heavy (non-hydrogen) atoms. The van der Waals surface area contributed by atoms with E-state index in [2.05, 4.69) is 10.6 Å². The van der Waals surface area contributed by atoms with Crippen molar-refractivity contribution in [2.45, 2.75) is 46.6 Å². The first-order chi connectivity index (χ1) is 8.36. The standard InChI is InChI=1S/C13H27N3O2/c1-9(2)8-15-13(18)11(4)16-12(17)6-5-10(3)7-14/h9-11H,5-8,14H2,1-4H3,(H,15,18)(H,16,17). The minimum atomic E-state index is -0.482. The van der Waals surface area contributed by atoms with Crippen LogP contribution in [0, 0.1) is 11.8 Å². The van der Waals surface area contributed by atoms with E-state index in [9.17, 15) is 9.59 Å². The van der Waals surface area contributed by atoms with E-state index in [1.807, 2.05) is 20.8 Å². The van der Waals surface area contributed by atoms with Crippen LogP contribution in [0.4, 0.5) is 0 Å². The van der Waals surface area contributed by atoms with Gasteiger partial charge >= 0.3 is 0 Å². The number of amides is 2. The lowest BCUT2D eigenvalue weighted by atomic mass is 10.1. The zero-order chi connectivity index (χ0) is 14.1. The predicted molar refractivity (Wildman–Crippen MR) is 72.9 cm³/mol. The highest BCUT2D eigenvalue weighted by atomic mass is 16.2. The third-order valence-corrected chi connectivity index (χ3v) is 2.72. The maximum atomic E-state index is 11.6. The second-order valence-corrected chi connectivity index (χ2v) is 5.31. The molecule has 0 aliphatic heterocycles. The SMILES string of the molecule is CC(C)CNC(=O)C(C)NC(=O)CCC(C)CN. The number of nitrogens with two attached hydrogens (primary N) is 1. The summed E-state index contributed by atoms with van der Waals surface area (Å²) in [7, 11) is 0. The second kappa shape index (κ2) is 8.91. The van der Waals surface area contributed by atoms with Crippen LogP contribution in [0.5, 0.6) is 0 Å². The lowest BCUT2D eigenvalue weighted by Gasteiger charge is -2.15. The van der Waals surface area contributed by atoms with E-state index in [0.717, 1.165) is 6.42 Å². The number of carbonyl (C=O) groups excluding carboxylic acids is 2. The Morgan fingerprint density at radius 2 is 1.78 bits per heavy atom. The lowest BCUT2D eigenvalue weighted by molar-refractivity contribution is -0.128. The zero-order valence-electron chi connectivity index (χ0n) is 12.0. The molecule has 106 valence electrons. The summed E-state index contributed by atoms with van der Waals surface area (Å²) in [6, 6.07) is -0.482. The van der Waals surface area contributed by atoms with Crippen molar-refractivity contribution < 1.29 is 9.59 Å². The van der Waals surface area contributed by atoms with Gasteiger partial charge in [-0.1, -0.05) is 20.8 Å². The quantitative estimate of drug-likeness (QED) is 0.596. The molecule has 0 rings (SSSR count). The van der Waals surface area contributed by atoms with Crippen LogP contribution in [0.1, 0.15) is 40.5 Å². The topological polar surface area (TPSA) is 84.2 Å². The van der Waals surface area contributed by atoms with Gasteiger partial charge in [0.1, 0.15) is 6.04 Å². The van der Waals surface area contributed by atoms with Crippen LogP contribution in [0.15, 0.2) is 0 Å². The van der Waals surface area contributed by atoms with Gasteiger partial charge < -0.3 is 16.4 Å². The van der Waals surface area contributed by atoms with E-state index in [0.29, 0.717) is 31.3 Å². The molecule has 0 aromatic carbocycles. The highest BCUT2D eigenvalue weighted by Crippen LogP contribution is 2.03. The highest BCUT2D eigenvalue weighted by Gasteiger charge is 2.15. The molecule has 0 radical (unpaired) electrons. The Bertz CT molecular complexity index is 267. The van der Waals surface area contributed by atoms with E-state index < -0.39 is 6.04 Å². The van der Waals surface area contributed by atoms with Crippen LogP contribution in [-0.4, -0.2) is 30.9 Å². The van der Waals surface area contributed by atoms with Crippen molar-refractivity contribution in [2.75, 3.05) is 13.1 Å². The zero-order valence-corrected chi connectivity index (χ0v) is 12.0. The Labute approximate surface area is 110 Å². The van der Waals surface area contributed by atoms with E-state index in [-0.39, 0.29) is 11.8 Å². The molecule has 2 amide bonds. The monoisotopic (exact) mass is 257 g/mol. The Balaban J connectivity index is 3.88. The summed E-state index contributed by atoms with van der Waals surface area (Å²) in [5.41, 5.74) is 5.48. The minimum Gasteiger partial charge on any atom is -0.354 e. The van der Waals surface area contributed by atoms with Crippen LogP contribution < -0.4 is 16.4 Å². The van der Waals surface area contributed by atoms with Gasteiger partial charge in [-0.2, -0.15) is 0 Å². The van der Waals surface area contributed by atoms with Crippen molar-refractivity contribution in [3.8, 4) is 0 Å². The molecule has 0 saturated carbocycles. The van der Waals surface area contributed by atoms with Crippen LogP contribution in [0.25, 0.3) is 0 Å². The van der Waals surface area contributed by atoms with Crippen molar-refractivity contribution in [1.29, 1.82) is 0 Å². The molecular formula is C13H27N3O2. The van der Waals surface area contributed by atoms with E-state index in [1.165, 1.54) is 0 Å². The lowest BCUT2D eigenvalue weighted by Crippen LogP contribution is -2.45. The van der Waals surface area contributed by atoms with Crippen molar-refractivity contribution >= 4 is 11.8 Å². The molecule has 0 fully saturated rings. The van der Waals surface area contributed by atoms with Gasteiger partial charge in [0.25, 0.3) is 0 Å². The number of hydrogen-bond acceptors (Lipinski definition) is 3. The molecule has 0 aromatic heterocycles. The van der Waals surface area contributed by atoms with Crippen LogP contribution in [0.2, 0.25) is 0 Å². The Kier molecular flexibility index (Phi) is 8.37. The van der Waals surface area contributed by atoms with Crippen molar-refractivity contribution in [3.05, 3.63) is 0 Å². The average molecular weight is 257 g/mol. The first kappa shape index (κ1) is 16.9. The van der Waals surface area contributed by atoms with Crippen LogP contribution in [-0.2, 0) is 9.59 Å². The molecule has 0 aliphatic rings. The van der Waals surface area contributed by atoms with Gasteiger partial charge in [-0.15, -0.1) is 0 Å². The van der Waals surface area contributed by atoms with E-state index in [4.69, 9.17) is 5.73 Å². The molecule has 0 saturated heterocycles. The predicted octanol–water partition coefficient (Wildman–Crippen LogP) is 0.638. The smallest absolute Gasteiger partial charge is 0.242 e. The molecule has 2 atom stereocenters. The normalized spacial score (nSPS) is 14.1. The summed E-state index contributed by atoms with van der Waals surface area (Å²) in [5.74, 6) is 0.509. The third-order valence-electron chi connectivity index (χ3n) is 2.72. The Morgan fingerprint density at radius 3 is 2.28 bits per heavy atom. The Hall–Kier alpha value is -1.10. The maximum absolute atomic E-state index is 11.6. The fourth-order valence-electron chi connectivity index (χ4n) is 1.33. The number of nitrogens with one attached hydrogen (secondary N) is 2. The van der Waals surface area contributed by atoms with Gasteiger partial charge in [-0.05, 0) is 31.7 Å². The maximum Gasteiger partial charge on any atom is 0.242 e. The van der Waals surface area contributed by atoms with Gasteiger partial charge in [0.15, 0.2) is 0 Å². The number of hydrogen-bond donors (Lipinski definition) is 3. The summed E-state index contributed by atoms with van der Waals surface area (Å²) >= 11 is 0. The van der Waals surface area contributed by atoms with E-state index >= 15 is 0 Å². The summed E-state index contributed by atoms with van der Waals surface area (Å²) in [5, 5.41) is 5.48. The molecule has 0 bridgehead atoms. The third kappa shape index (κ3) is 8.06. The molecule has 4 N–H and O–H groups in total. The van der Waals surface area contributed by atoms with Gasteiger partial charge in [-0.3, -0.25) is 9.59 Å². The largest absolute Gasteiger partial charge is 0.354 e. The fraction of sp³-hybridized carbons (Fsp3) is 0.846. The van der Waals surface area contributed by atoms with Crippen LogP contribution in [0.3, 0.4) is 0 Å². The molecule has 0 aromatic rings. The molecule has 5 heteroatoms. The summed E-state index contributed by atoms with van der Waals surface area (Å²) in [6.45, 7) is 8.96. The average Bonchev–Trinajstić information content (AvgIpc) is 2.32. The van der Waals surface area contributed by atoms with Gasteiger partial charge in [0, 0.05) is 13.0 Å². The highest BCUT2D eigenvalue weighted by molar-refractivity contribution is 5.87. The molecule has 0 aliphatic carbocycles. The molecule has 0 heterocycles. The van der Waals surface area contributed by atoms with Gasteiger partial charge in [-0.25, -0.2) is 0 Å². The number of rotatable bonds is 8. The van der Waals surface area contributed by atoms with Gasteiger partial charge in [0.2, 0.25) is 11.8 Å². The molecular weight excluding hydrogens is 230 g/mol. The summed E-state index contributed by atoms with van der Waals surface area (Å²) in [4.78, 5) is 23.2. The van der Waals surface area contributed by atoms with E-state index in [1.54, 1.807) is 6.92 Å².